The van der Waals surface area contributed by atoms with E-state index < -0.39 is 51.7 Å². The van der Waals surface area contributed by atoms with Crippen LogP contribution < -0.4 is 25.0 Å². The average Bonchev–Trinajstić information content (AvgIpc) is 3.31. The average molecular weight is 679 g/mol. The Morgan fingerprint density at radius 1 is 1.04 bits per heavy atom. The zero-order valence-corrected chi connectivity index (χ0v) is 26.9. The summed E-state index contributed by atoms with van der Waals surface area (Å²) in [5.41, 5.74) is 2.43. The van der Waals surface area contributed by atoms with Crippen molar-refractivity contribution in [2.75, 3.05) is 28.5 Å². The van der Waals surface area contributed by atoms with Crippen LogP contribution in [-0.4, -0.2) is 56.5 Å². The number of benzene rings is 3. The molecule has 252 valence electrons. The van der Waals surface area contributed by atoms with Crippen LogP contribution in [-0.2, 0) is 29.4 Å². The number of phenolic OH excluding ortho intramolecular Hbond substituents is 1. The fraction of sp³-hybridized carbons (Fsp3) is 0.364. The quantitative estimate of drug-likeness (QED) is 0.153. The molecule has 2 saturated heterocycles. The van der Waals surface area contributed by atoms with Gasteiger partial charge in [-0.15, -0.1) is 0 Å². The van der Waals surface area contributed by atoms with Crippen LogP contribution in [0.5, 0.6) is 5.75 Å². The van der Waals surface area contributed by atoms with E-state index in [2.05, 4.69) is 16.0 Å². The maximum absolute atomic E-state index is 15.4. The fourth-order valence-electron chi connectivity index (χ4n) is 6.89. The Bertz CT molecular complexity index is 1980. The van der Waals surface area contributed by atoms with Crippen LogP contribution in [0.4, 0.5) is 21.5 Å². The summed E-state index contributed by atoms with van der Waals surface area (Å²) in [6, 6.07) is 11.4. The number of fused-ring (bicyclic) bond motifs is 1. The number of hydrogen-bond donors (Lipinski definition) is 6. The number of nitrogens with one attached hydrogen (secondary N) is 5. The van der Waals surface area contributed by atoms with Gasteiger partial charge in [-0.05, 0) is 85.2 Å². The molecular weight excluding hydrogens is 643 g/mol. The molecule has 48 heavy (non-hydrogen) atoms. The minimum absolute atomic E-state index is 0.0101. The van der Waals surface area contributed by atoms with Crippen molar-refractivity contribution in [2.24, 2.45) is 11.8 Å². The third kappa shape index (κ3) is 6.41. The lowest BCUT2D eigenvalue weighted by Crippen LogP contribution is -2.44. The molecule has 1 aliphatic carbocycles. The van der Waals surface area contributed by atoms with Crippen molar-refractivity contribution in [1.82, 2.24) is 10.0 Å². The Morgan fingerprint density at radius 3 is 2.46 bits per heavy atom. The van der Waals surface area contributed by atoms with Gasteiger partial charge in [-0.2, -0.15) is 8.42 Å². The lowest BCUT2D eigenvalue weighted by atomic mass is 9.77. The van der Waals surface area contributed by atoms with Gasteiger partial charge in [0.05, 0.1) is 11.6 Å². The van der Waals surface area contributed by atoms with Crippen molar-refractivity contribution in [3.63, 3.8) is 0 Å². The van der Waals surface area contributed by atoms with Crippen LogP contribution in [0.1, 0.15) is 62.0 Å². The number of phenols is 1. The Kier molecular flexibility index (Phi) is 8.81. The molecule has 6 N–H and O–H groups in total. The van der Waals surface area contributed by atoms with Crippen molar-refractivity contribution in [3.8, 4) is 5.75 Å². The van der Waals surface area contributed by atoms with E-state index in [-0.39, 0.29) is 46.6 Å². The molecule has 2 heterocycles. The molecule has 3 fully saturated rings. The highest BCUT2D eigenvalue weighted by Crippen LogP contribution is 2.40. The molecule has 0 aromatic heterocycles. The molecule has 2 aliphatic heterocycles. The molecule has 3 aromatic carbocycles. The van der Waals surface area contributed by atoms with Crippen LogP contribution in [0.25, 0.3) is 10.8 Å². The number of carbonyl (C=O) groups excluding carboxylic acids is 4. The van der Waals surface area contributed by atoms with Crippen molar-refractivity contribution < 1.29 is 37.1 Å². The van der Waals surface area contributed by atoms with E-state index in [9.17, 15) is 32.7 Å². The number of hydrogen-bond acceptors (Lipinski definition) is 9. The third-order valence-corrected chi connectivity index (χ3v) is 10.7. The molecule has 0 radical (unpaired) electrons. The number of piperidine rings is 1. The van der Waals surface area contributed by atoms with Crippen LogP contribution >= 0.6 is 0 Å². The lowest BCUT2D eigenvalue weighted by Gasteiger charge is -2.29. The Balaban J connectivity index is 1.06. The summed E-state index contributed by atoms with van der Waals surface area (Å²) in [6.07, 6.45) is 4.21. The summed E-state index contributed by atoms with van der Waals surface area (Å²) in [7, 11) is -2.56. The van der Waals surface area contributed by atoms with Crippen LogP contribution in [0.15, 0.2) is 42.5 Å². The second kappa shape index (κ2) is 12.9. The number of anilines is 3. The number of amides is 4. The van der Waals surface area contributed by atoms with Gasteiger partial charge in [0.25, 0.3) is 5.91 Å². The Morgan fingerprint density at radius 2 is 1.79 bits per heavy atom. The van der Waals surface area contributed by atoms with Crippen LogP contribution in [0.3, 0.4) is 0 Å². The molecule has 0 spiro atoms. The van der Waals surface area contributed by atoms with E-state index in [4.69, 9.17) is 5.41 Å². The van der Waals surface area contributed by atoms with E-state index in [1.807, 2.05) is 18.2 Å². The Hall–Kier alpha value is -5.05. The normalized spacial score (nSPS) is 22.2. The molecular formula is C33H35FN6O7S. The van der Waals surface area contributed by atoms with Crippen LogP contribution in [0, 0.1) is 23.1 Å². The van der Waals surface area contributed by atoms with Gasteiger partial charge in [-0.25, -0.2) is 13.4 Å². The van der Waals surface area contributed by atoms with Crippen LogP contribution in [0.2, 0.25) is 0 Å². The number of imide groups is 1. The summed E-state index contributed by atoms with van der Waals surface area (Å²) in [4.78, 5) is 48.4. The predicted molar refractivity (Wildman–Crippen MR) is 177 cm³/mol. The summed E-state index contributed by atoms with van der Waals surface area (Å²) < 4.78 is 42.0. The minimum Gasteiger partial charge on any atom is -0.506 e. The van der Waals surface area contributed by atoms with E-state index in [1.54, 1.807) is 11.8 Å². The van der Waals surface area contributed by atoms with Crippen molar-refractivity contribution in [3.05, 3.63) is 59.4 Å². The van der Waals surface area contributed by atoms with Crippen molar-refractivity contribution >= 4 is 67.4 Å². The number of halogens is 1. The highest BCUT2D eigenvalue weighted by Gasteiger charge is 2.38. The second-order valence-corrected chi connectivity index (χ2v) is 14.1. The first-order valence-corrected chi connectivity index (χ1v) is 17.1. The van der Waals surface area contributed by atoms with Gasteiger partial charge >= 0.3 is 10.2 Å². The first-order valence-electron chi connectivity index (χ1n) is 15.7. The molecule has 1 unspecified atom stereocenters. The first kappa shape index (κ1) is 32.9. The maximum Gasteiger partial charge on any atom is 0.326 e. The standard InChI is InChI=1S/C33H35FN6O7S/c1-36-25-14-19(6-8-23(25)31(35)24-10-11-27(42)38-33(24)45)18-4-2-17(3-5-18)12-28(43)37-21-7-9-22-20(13-21)15-26(41)32(30(22)34)40-16-29(44)39-48(40,46)47/h6-9,13-15,17-18,24,35-36,41H,2-5,10-12,16H2,1H3,(H,37,43)(H,39,44)(H,38,42,45)/t17-,18-,24?. The highest BCUT2D eigenvalue weighted by atomic mass is 32.2. The number of rotatable bonds is 8. The van der Waals surface area contributed by atoms with Gasteiger partial charge in [0, 0.05) is 42.2 Å². The van der Waals surface area contributed by atoms with E-state index in [0.717, 1.165) is 36.9 Å². The van der Waals surface area contributed by atoms with Crippen molar-refractivity contribution in [1.29, 1.82) is 5.41 Å². The fourth-order valence-corrected chi connectivity index (χ4v) is 8.05. The molecule has 15 heteroatoms. The Labute approximate surface area is 276 Å². The predicted octanol–water partition coefficient (Wildman–Crippen LogP) is 3.63. The molecule has 0 bridgehead atoms. The number of aromatic hydroxyl groups is 1. The van der Waals surface area contributed by atoms with Gasteiger partial charge < -0.3 is 21.1 Å². The molecule has 1 saturated carbocycles. The third-order valence-electron chi connectivity index (χ3n) is 9.37. The molecule has 3 aliphatic rings. The van der Waals surface area contributed by atoms with Gasteiger partial charge in [0.15, 0.2) is 5.82 Å². The zero-order chi connectivity index (χ0) is 34.3. The van der Waals surface area contributed by atoms with Gasteiger partial charge in [-0.1, -0.05) is 12.1 Å². The summed E-state index contributed by atoms with van der Waals surface area (Å²) >= 11 is 0. The minimum atomic E-state index is -4.33. The van der Waals surface area contributed by atoms with E-state index >= 15 is 4.39 Å². The number of carbonyl (C=O) groups is 4. The van der Waals surface area contributed by atoms with E-state index in [1.165, 1.54) is 24.3 Å². The topological polar surface area (TPSA) is 198 Å². The van der Waals surface area contributed by atoms with E-state index in [0.29, 0.717) is 28.4 Å². The molecule has 6 rings (SSSR count). The van der Waals surface area contributed by atoms with Gasteiger partial charge in [0.1, 0.15) is 18.0 Å². The summed E-state index contributed by atoms with van der Waals surface area (Å²) in [6.45, 7) is -0.657. The monoisotopic (exact) mass is 678 g/mol. The first-order chi connectivity index (χ1) is 22.8. The summed E-state index contributed by atoms with van der Waals surface area (Å²) in [5.74, 6) is -3.73. The molecule has 1 atom stereocenters. The van der Waals surface area contributed by atoms with Crippen molar-refractivity contribution in [2.45, 2.75) is 50.9 Å². The molecule has 4 amide bonds. The van der Waals surface area contributed by atoms with Gasteiger partial charge in [-0.3, -0.25) is 24.5 Å². The smallest absolute Gasteiger partial charge is 0.326 e. The summed E-state index contributed by atoms with van der Waals surface area (Å²) in [5, 5.41) is 27.7. The highest BCUT2D eigenvalue weighted by molar-refractivity contribution is 7.92. The number of nitrogens with zero attached hydrogens (tertiary/aromatic N) is 1. The zero-order valence-electron chi connectivity index (χ0n) is 26.1. The second-order valence-electron chi connectivity index (χ2n) is 12.5. The van der Waals surface area contributed by atoms with Gasteiger partial charge in [0.2, 0.25) is 17.7 Å². The molecule has 13 nitrogen and oxygen atoms in total. The SMILES string of the molecule is CNc1cc([C@H]2CC[C@H](CC(=O)Nc3ccc4c(F)c(N5CC(=O)NS5(=O)=O)c(O)cc4c3)CC2)ccc1C(=N)C1CCC(=O)NC1=O. The lowest BCUT2D eigenvalue weighted by molar-refractivity contribution is -0.134. The maximum atomic E-state index is 15.4. The molecule has 3 aromatic rings. The largest absolute Gasteiger partial charge is 0.506 e.